The minimum Gasteiger partial charge on any atom is -0.462 e. The molecule has 462 valence electrons. The highest BCUT2D eigenvalue weighted by Gasteiger charge is 2.19. The first-order chi connectivity index (χ1) is 39.5. The van der Waals surface area contributed by atoms with E-state index in [0.717, 1.165) is 109 Å². The van der Waals surface area contributed by atoms with Crippen molar-refractivity contribution >= 4 is 17.9 Å². The molecule has 0 aliphatic carbocycles. The maximum atomic E-state index is 12.9. The smallest absolute Gasteiger partial charge is 0.306 e. The lowest BCUT2D eigenvalue weighted by atomic mass is 10.0. The highest BCUT2D eigenvalue weighted by Crippen LogP contribution is 2.18. The van der Waals surface area contributed by atoms with Crippen LogP contribution < -0.4 is 0 Å². The Morgan fingerprint density at radius 2 is 0.512 bits per heavy atom. The van der Waals surface area contributed by atoms with Crippen molar-refractivity contribution < 1.29 is 28.6 Å². The Kier molecular flexibility index (Phi) is 65.2. The van der Waals surface area contributed by atoms with Crippen LogP contribution in [-0.4, -0.2) is 37.2 Å². The van der Waals surface area contributed by atoms with E-state index in [1.165, 1.54) is 199 Å². The number of ether oxygens (including phenoxy) is 3. The zero-order valence-electron chi connectivity index (χ0n) is 53.1. The van der Waals surface area contributed by atoms with Gasteiger partial charge >= 0.3 is 17.9 Å². The molecule has 80 heavy (non-hydrogen) atoms. The SMILES string of the molecule is CC/C=C\C/C=C\C/C=C\C/C=C\C/C=C\C/C=C\CCCCCCCCCCCCCCCCC(=O)OCC(COC(=O)CCCCCCC/C=C\CCC)OC(=O)CCCCCCCCCCCCCCCCCCCCC. The van der Waals surface area contributed by atoms with Crippen LogP contribution in [0.1, 0.15) is 348 Å². The quantitative estimate of drug-likeness (QED) is 0.0261. The molecule has 0 amide bonds. The second-order valence-corrected chi connectivity index (χ2v) is 23.1. The second kappa shape index (κ2) is 68.1. The van der Waals surface area contributed by atoms with Gasteiger partial charge in [0, 0.05) is 19.3 Å². The van der Waals surface area contributed by atoms with Gasteiger partial charge in [0.1, 0.15) is 13.2 Å². The Labute approximate surface area is 496 Å². The molecule has 0 aromatic heterocycles. The van der Waals surface area contributed by atoms with E-state index in [4.69, 9.17) is 14.2 Å². The fourth-order valence-electron chi connectivity index (χ4n) is 9.98. The number of unbranched alkanes of at least 4 members (excludes halogenated alkanes) is 38. The van der Waals surface area contributed by atoms with Crippen LogP contribution in [0.2, 0.25) is 0 Å². The highest BCUT2D eigenvalue weighted by molar-refractivity contribution is 5.71. The molecule has 6 nitrogen and oxygen atoms in total. The number of allylic oxidation sites excluding steroid dienone is 14. The predicted molar refractivity (Wildman–Crippen MR) is 348 cm³/mol. The van der Waals surface area contributed by atoms with Gasteiger partial charge in [-0.05, 0) is 89.9 Å². The molecule has 0 aliphatic rings. The lowest BCUT2D eigenvalue weighted by Gasteiger charge is -2.18. The summed E-state index contributed by atoms with van der Waals surface area (Å²) in [4.78, 5) is 38.3. The molecule has 0 saturated heterocycles. The van der Waals surface area contributed by atoms with Crippen LogP contribution in [0.5, 0.6) is 0 Å². The van der Waals surface area contributed by atoms with Gasteiger partial charge in [-0.3, -0.25) is 14.4 Å². The molecule has 0 heterocycles. The van der Waals surface area contributed by atoms with Gasteiger partial charge in [-0.2, -0.15) is 0 Å². The van der Waals surface area contributed by atoms with Crippen LogP contribution in [0.25, 0.3) is 0 Å². The minimum absolute atomic E-state index is 0.0746. The fraction of sp³-hybridized carbons (Fsp3) is 0.770. The van der Waals surface area contributed by atoms with E-state index in [9.17, 15) is 14.4 Å². The third-order valence-corrected chi connectivity index (χ3v) is 15.1. The molecule has 1 unspecified atom stereocenters. The predicted octanol–water partition coefficient (Wildman–Crippen LogP) is 23.8. The average Bonchev–Trinajstić information content (AvgIpc) is 3.46. The summed E-state index contributed by atoms with van der Waals surface area (Å²) in [5.41, 5.74) is 0. The van der Waals surface area contributed by atoms with Crippen molar-refractivity contribution in [1.82, 2.24) is 0 Å². The summed E-state index contributed by atoms with van der Waals surface area (Å²) in [6, 6.07) is 0. The van der Waals surface area contributed by atoms with Crippen molar-refractivity contribution in [2.45, 2.75) is 354 Å². The summed E-state index contributed by atoms with van der Waals surface area (Å²) in [6.07, 6.45) is 90.5. The van der Waals surface area contributed by atoms with Crippen LogP contribution in [-0.2, 0) is 28.6 Å². The molecule has 0 aromatic carbocycles. The Morgan fingerprint density at radius 3 is 0.825 bits per heavy atom. The van der Waals surface area contributed by atoms with Crippen LogP contribution in [0, 0.1) is 0 Å². The van der Waals surface area contributed by atoms with Gasteiger partial charge in [0.15, 0.2) is 6.10 Å². The number of hydrogen-bond donors (Lipinski definition) is 0. The summed E-state index contributed by atoms with van der Waals surface area (Å²) in [5.74, 6) is -0.868. The van der Waals surface area contributed by atoms with Crippen molar-refractivity contribution in [2.75, 3.05) is 13.2 Å². The first-order valence-corrected chi connectivity index (χ1v) is 34.6. The molecule has 0 rings (SSSR count). The third-order valence-electron chi connectivity index (χ3n) is 15.1. The van der Waals surface area contributed by atoms with E-state index >= 15 is 0 Å². The number of carbonyl (C=O) groups is 3. The van der Waals surface area contributed by atoms with E-state index in [2.05, 4.69) is 106 Å². The lowest BCUT2D eigenvalue weighted by Crippen LogP contribution is -2.30. The van der Waals surface area contributed by atoms with Gasteiger partial charge in [0.25, 0.3) is 0 Å². The van der Waals surface area contributed by atoms with Crippen molar-refractivity contribution in [3.05, 3.63) is 85.1 Å². The highest BCUT2D eigenvalue weighted by atomic mass is 16.6. The fourth-order valence-corrected chi connectivity index (χ4v) is 9.98. The van der Waals surface area contributed by atoms with Crippen LogP contribution in [0.3, 0.4) is 0 Å². The van der Waals surface area contributed by atoms with Crippen molar-refractivity contribution in [1.29, 1.82) is 0 Å². The Hall–Kier alpha value is -3.41. The molecule has 0 bridgehead atoms. The lowest BCUT2D eigenvalue weighted by molar-refractivity contribution is -0.167. The molecular formula is C74H130O6. The standard InChI is InChI=1S/C74H130O6/c1-4-7-10-13-16-19-22-24-26-28-30-31-32-33-34-35-36-37-38-39-40-41-42-43-45-46-48-50-52-55-58-61-64-67-73(76)79-70-71(69-78-72(75)66-63-60-57-54-21-18-15-12-9-6-3)80-74(77)68-65-62-59-56-53-51-49-47-44-29-27-25-23-20-17-14-11-8-5-2/h7,10,12,15-16,19,24,26,30-31,33-34,36-37,71H,4-6,8-9,11,13-14,17-18,20-23,25,27-29,32,35,38-70H2,1-3H3/b10-7-,15-12-,19-16-,26-24-,31-30-,34-33-,37-36-. The molecule has 0 N–H and O–H groups in total. The maximum absolute atomic E-state index is 12.9. The first-order valence-electron chi connectivity index (χ1n) is 34.6. The van der Waals surface area contributed by atoms with Gasteiger partial charge in [-0.15, -0.1) is 0 Å². The van der Waals surface area contributed by atoms with E-state index < -0.39 is 6.10 Å². The second-order valence-electron chi connectivity index (χ2n) is 23.1. The molecule has 0 saturated carbocycles. The van der Waals surface area contributed by atoms with Crippen molar-refractivity contribution in [3.8, 4) is 0 Å². The van der Waals surface area contributed by atoms with E-state index in [-0.39, 0.29) is 31.1 Å². The van der Waals surface area contributed by atoms with Crippen molar-refractivity contribution in [3.63, 3.8) is 0 Å². The summed E-state index contributed by atoms with van der Waals surface area (Å²) in [5, 5.41) is 0. The zero-order valence-corrected chi connectivity index (χ0v) is 53.1. The molecule has 6 heteroatoms. The number of rotatable bonds is 63. The van der Waals surface area contributed by atoms with Gasteiger partial charge in [-0.25, -0.2) is 0 Å². The molecule has 0 radical (unpaired) electrons. The van der Waals surface area contributed by atoms with Gasteiger partial charge in [-0.1, -0.05) is 324 Å². The largest absolute Gasteiger partial charge is 0.462 e. The Bertz CT molecular complexity index is 1520. The summed E-state index contributed by atoms with van der Waals surface area (Å²) < 4.78 is 16.9. The first kappa shape index (κ1) is 76.6. The van der Waals surface area contributed by atoms with E-state index in [0.29, 0.717) is 19.3 Å². The third kappa shape index (κ3) is 65.4. The van der Waals surface area contributed by atoms with Crippen LogP contribution in [0.15, 0.2) is 85.1 Å². The van der Waals surface area contributed by atoms with Crippen LogP contribution in [0.4, 0.5) is 0 Å². The molecule has 1 atom stereocenters. The molecule has 0 fully saturated rings. The molecule has 0 spiro atoms. The van der Waals surface area contributed by atoms with E-state index in [1.54, 1.807) is 0 Å². The topological polar surface area (TPSA) is 78.9 Å². The number of carbonyl (C=O) groups excluding carboxylic acids is 3. The Balaban J connectivity index is 4.13. The molecule has 0 aromatic rings. The summed E-state index contributed by atoms with van der Waals surface area (Å²) in [7, 11) is 0. The average molecular weight is 1120 g/mol. The molecule has 0 aliphatic heterocycles. The van der Waals surface area contributed by atoms with Crippen LogP contribution >= 0.6 is 0 Å². The van der Waals surface area contributed by atoms with Gasteiger partial charge < -0.3 is 14.2 Å². The van der Waals surface area contributed by atoms with Gasteiger partial charge in [0.05, 0.1) is 0 Å². The zero-order chi connectivity index (χ0) is 57.8. The monoisotopic (exact) mass is 1110 g/mol. The minimum atomic E-state index is -0.777. The Morgan fingerprint density at radius 1 is 0.263 bits per heavy atom. The maximum Gasteiger partial charge on any atom is 0.306 e. The molecular weight excluding hydrogens is 985 g/mol. The van der Waals surface area contributed by atoms with Gasteiger partial charge in [0.2, 0.25) is 0 Å². The summed E-state index contributed by atoms with van der Waals surface area (Å²) in [6.45, 7) is 6.50. The number of hydrogen-bond acceptors (Lipinski definition) is 6. The van der Waals surface area contributed by atoms with E-state index in [1.807, 2.05) is 0 Å². The normalized spacial score (nSPS) is 12.6. The summed E-state index contributed by atoms with van der Waals surface area (Å²) >= 11 is 0. The van der Waals surface area contributed by atoms with Crippen molar-refractivity contribution in [2.24, 2.45) is 0 Å². The number of esters is 3.